The van der Waals surface area contributed by atoms with Crippen LogP contribution in [0.2, 0.25) is 0 Å². The van der Waals surface area contributed by atoms with Crippen molar-refractivity contribution >= 4 is 27.7 Å². The molecule has 6 nitrogen and oxygen atoms in total. The zero-order chi connectivity index (χ0) is 28.3. The number of benzene rings is 3. The minimum atomic E-state index is -4.15. The molecular formula is C32H39NO5S. The van der Waals surface area contributed by atoms with Gasteiger partial charge in [-0.05, 0) is 79.8 Å². The minimum Gasteiger partial charge on any atom is -0.493 e. The predicted octanol–water partition coefficient (Wildman–Crippen LogP) is 7.35. The van der Waals surface area contributed by atoms with Crippen molar-refractivity contribution in [3.05, 3.63) is 89.5 Å². The monoisotopic (exact) mass is 549 g/mol. The molecule has 0 heterocycles. The van der Waals surface area contributed by atoms with E-state index in [1.54, 1.807) is 49.6 Å². The first kappa shape index (κ1) is 30.0. The van der Waals surface area contributed by atoms with Crippen molar-refractivity contribution in [1.82, 2.24) is 0 Å². The molecule has 0 aliphatic rings. The van der Waals surface area contributed by atoms with Gasteiger partial charge in [0, 0.05) is 6.08 Å². The number of carbonyl (C=O) groups is 1. The molecule has 0 radical (unpaired) electrons. The number of nitrogens with zero attached hydrogens (tertiary/aromatic N) is 1. The van der Waals surface area contributed by atoms with Crippen LogP contribution in [-0.2, 0) is 21.2 Å². The highest BCUT2D eigenvalue weighted by Crippen LogP contribution is 2.30. The maximum absolute atomic E-state index is 13.7. The van der Waals surface area contributed by atoms with Gasteiger partial charge in [-0.1, -0.05) is 69.0 Å². The fraction of sp³-hybridized carbons (Fsp3) is 0.344. The molecular weight excluding hydrogens is 510 g/mol. The lowest BCUT2D eigenvalue weighted by atomic mass is 10.1. The number of unbranched alkanes of at least 4 members (excludes halogenated alkanes) is 3. The van der Waals surface area contributed by atoms with Crippen LogP contribution in [0, 0.1) is 6.92 Å². The Morgan fingerprint density at radius 3 is 2.21 bits per heavy atom. The number of anilines is 1. The summed E-state index contributed by atoms with van der Waals surface area (Å²) in [5.41, 5.74) is 3.00. The normalized spacial score (nSPS) is 11.5. The molecule has 0 bridgehead atoms. The zero-order valence-corrected chi connectivity index (χ0v) is 24.2. The highest BCUT2D eigenvalue weighted by atomic mass is 32.2. The Balaban J connectivity index is 1.90. The van der Waals surface area contributed by atoms with Gasteiger partial charge in [-0.15, -0.1) is 0 Å². The molecule has 1 amide bonds. The first-order valence-electron chi connectivity index (χ1n) is 13.5. The van der Waals surface area contributed by atoms with Crippen molar-refractivity contribution in [3.63, 3.8) is 0 Å². The van der Waals surface area contributed by atoms with Gasteiger partial charge in [0.25, 0.3) is 15.9 Å². The van der Waals surface area contributed by atoms with Gasteiger partial charge < -0.3 is 9.47 Å². The smallest absolute Gasteiger partial charge is 0.271 e. The molecule has 0 atom stereocenters. The molecule has 0 aliphatic carbocycles. The molecule has 208 valence electrons. The summed E-state index contributed by atoms with van der Waals surface area (Å²) in [6.45, 7) is 6.74. The number of methoxy groups -OCH3 is 1. The van der Waals surface area contributed by atoms with Gasteiger partial charge in [0.15, 0.2) is 11.5 Å². The summed E-state index contributed by atoms with van der Waals surface area (Å²) in [7, 11) is -2.59. The fourth-order valence-electron chi connectivity index (χ4n) is 4.06. The Morgan fingerprint density at radius 2 is 1.56 bits per heavy atom. The van der Waals surface area contributed by atoms with E-state index < -0.39 is 15.9 Å². The van der Waals surface area contributed by atoms with E-state index >= 15 is 0 Å². The molecule has 0 aliphatic heterocycles. The van der Waals surface area contributed by atoms with Crippen LogP contribution < -0.4 is 13.8 Å². The number of aryl methyl sites for hydroxylation is 2. The molecule has 0 N–H and O–H groups in total. The van der Waals surface area contributed by atoms with Crippen molar-refractivity contribution in [1.29, 1.82) is 0 Å². The molecule has 0 fully saturated rings. The Kier molecular flexibility index (Phi) is 11.2. The van der Waals surface area contributed by atoms with E-state index in [4.69, 9.17) is 9.47 Å². The van der Waals surface area contributed by atoms with Crippen molar-refractivity contribution in [2.45, 2.75) is 64.2 Å². The molecule has 0 aromatic heterocycles. The quantitative estimate of drug-likeness (QED) is 0.155. The van der Waals surface area contributed by atoms with Gasteiger partial charge in [0.1, 0.15) is 0 Å². The van der Waals surface area contributed by atoms with Crippen LogP contribution in [0.4, 0.5) is 5.69 Å². The number of hydrogen-bond donors (Lipinski definition) is 0. The summed E-state index contributed by atoms with van der Waals surface area (Å²) in [5, 5.41) is 0. The van der Waals surface area contributed by atoms with Crippen molar-refractivity contribution < 1.29 is 22.7 Å². The molecule has 3 rings (SSSR count). The molecule has 0 saturated carbocycles. The largest absolute Gasteiger partial charge is 0.493 e. The van der Waals surface area contributed by atoms with E-state index in [-0.39, 0.29) is 4.90 Å². The number of hydrogen-bond acceptors (Lipinski definition) is 5. The fourth-order valence-corrected chi connectivity index (χ4v) is 5.44. The van der Waals surface area contributed by atoms with Gasteiger partial charge >= 0.3 is 0 Å². The summed E-state index contributed by atoms with van der Waals surface area (Å²) in [5.74, 6) is 0.507. The number of rotatable bonds is 14. The lowest BCUT2D eigenvalue weighted by molar-refractivity contribution is -0.113. The molecule has 7 heteroatoms. The lowest BCUT2D eigenvalue weighted by Gasteiger charge is -2.22. The highest BCUT2D eigenvalue weighted by Gasteiger charge is 2.29. The number of carbonyl (C=O) groups excluding carboxylic acids is 1. The summed E-state index contributed by atoms with van der Waals surface area (Å²) >= 11 is 0. The second-order valence-corrected chi connectivity index (χ2v) is 11.3. The number of ether oxygens (including phenoxy) is 2. The minimum absolute atomic E-state index is 0.0520. The molecule has 0 saturated heterocycles. The standard InChI is InChI=1S/C32H39NO5S/c1-5-7-9-23-38-30-21-15-27(24-31(30)37-4)16-22-32(34)33(28-17-13-26(14-18-28)10-8-6-2)39(35,36)29-19-11-25(3)12-20-29/h11-22,24H,5-10,23H2,1-4H3/b22-16+. The lowest BCUT2D eigenvalue weighted by Crippen LogP contribution is -2.35. The topological polar surface area (TPSA) is 72.9 Å². The van der Waals surface area contributed by atoms with Crippen LogP contribution in [0.3, 0.4) is 0 Å². The Hall–Kier alpha value is -3.58. The highest BCUT2D eigenvalue weighted by molar-refractivity contribution is 7.93. The Labute approximate surface area is 233 Å². The van der Waals surface area contributed by atoms with Gasteiger partial charge in [-0.3, -0.25) is 4.79 Å². The first-order chi connectivity index (χ1) is 18.8. The predicted molar refractivity (Wildman–Crippen MR) is 158 cm³/mol. The zero-order valence-electron chi connectivity index (χ0n) is 23.4. The van der Waals surface area contributed by atoms with Crippen LogP contribution in [-0.4, -0.2) is 28.0 Å². The SMILES string of the molecule is CCCCCOc1ccc(/C=C/C(=O)N(c2ccc(CCCC)cc2)S(=O)(=O)c2ccc(C)cc2)cc1OC. The molecule has 3 aromatic rings. The Morgan fingerprint density at radius 1 is 0.872 bits per heavy atom. The first-order valence-corrected chi connectivity index (χ1v) is 15.0. The van der Waals surface area contributed by atoms with Crippen LogP contribution in [0.5, 0.6) is 11.5 Å². The average Bonchev–Trinajstić information content (AvgIpc) is 2.94. The summed E-state index contributed by atoms with van der Waals surface area (Å²) in [6.07, 6.45) is 9.02. The van der Waals surface area contributed by atoms with Gasteiger partial charge in [-0.2, -0.15) is 4.31 Å². The van der Waals surface area contributed by atoms with Crippen molar-refractivity contribution in [2.24, 2.45) is 0 Å². The van der Waals surface area contributed by atoms with Crippen LogP contribution in [0.1, 0.15) is 62.6 Å². The third kappa shape index (κ3) is 8.20. The summed E-state index contributed by atoms with van der Waals surface area (Å²) in [6, 6.07) is 19.0. The molecule has 0 unspecified atom stereocenters. The summed E-state index contributed by atoms with van der Waals surface area (Å²) in [4.78, 5) is 13.5. The van der Waals surface area contributed by atoms with Gasteiger partial charge in [0.05, 0.1) is 24.3 Å². The second-order valence-electron chi connectivity index (χ2n) is 9.49. The number of amides is 1. The summed E-state index contributed by atoms with van der Waals surface area (Å²) < 4.78 is 39.5. The van der Waals surface area contributed by atoms with Crippen molar-refractivity contribution in [3.8, 4) is 11.5 Å². The maximum atomic E-state index is 13.7. The maximum Gasteiger partial charge on any atom is 0.271 e. The van der Waals surface area contributed by atoms with Crippen molar-refractivity contribution in [2.75, 3.05) is 18.0 Å². The van der Waals surface area contributed by atoms with E-state index in [9.17, 15) is 13.2 Å². The van der Waals surface area contributed by atoms with Gasteiger partial charge in [-0.25, -0.2) is 8.42 Å². The van der Waals surface area contributed by atoms with Gasteiger partial charge in [0.2, 0.25) is 0 Å². The third-order valence-corrected chi connectivity index (χ3v) is 8.10. The molecule has 39 heavy (non-hydrogen) atoms. The Bertz CT molecular complexity index is 1350. The van der Waals surface area contributed by atoms with E-state index in [1.165, 1.54) is 18.2 Å². The van der Waals surface area contributed by atoms with Crippen LogP contribution >= 0.6 is 0 Å². The van der Waals surface area contributed by atoms with E-state index in [1.807, 2.05) is 25.1 Å². The average molecular weight is 550 g/mol. The second kappa shape index (κ2) is 14.5. The molecule has 3 aromatic carbocycles. The van der Waals surface area contributed by atoms with Crippen LogP contribution in [0.15, 0.2) is 77.7 Å². The van der Waals surface area contributed by atoms with Crippen LogP contribution in [0.25, 0.3) is 6.08 Å². The third-order valence-electron chi connectivity index (χ3n) is 6.36. The van der Waals surface area contributed by atoms with E-state index in [0.29, 0.717) is 29.4 Å². The van der Waals surface area contributed by atoms with E-state index in [2.05, 4.69) is 13.8 Å². The number of sulfonamides is 1. The molecule has 0 spiro atoms. The van der Waals surface area contributed by atoms with E-state index in [0.717, 1.165) is 54.0 Å².